The number of anilines is 1. The molecule has 0 saturated carbocycles. The molecule has 3 heterocycles. The van der Waals surface area contributed by atoms with Crippen molar-refractivity contribution in [1.29, 1.82) is 0 Å². The Hall–Kier alpha value is -2.77. The number of benzene rings is 2. The molecule has 3 fully saturated rings. The lowest BCUT2D eigenvalue weighted by Crippen LogP contribution is -2.44. The first kappa shape index (κ1) is 17.3. The Morgan fingerprint density at radius 1 is 0.929 bits per heavy atom. The van der Waals surface area contributed by atoms with Gasteiger partial charge < -0.3 is 4.74 Å². The molecular formula is C21H20FN3O3. The Kier molecular flexibility index (Phi) is 3.96. The number of fused-ring (bicyclic) bond motifs is 3. The maximum Gasteiger partial charge on any atom is 0.253 e. The molecule has 2 aromatic rings. The molecule has 3 atom stereocenters. The summed E-state index contributed by atoms with van der Waals surface area (Å²) in [7, 11) is 1.61. The van der Waals surface area contributed by atoms with Gasteiger partial charge in [0.05, 0.1) is 24.8 Å². The minimum Gasteiger partial charge on any atom is -0.496 e. The summed E-state index contributed by atoms with van der Waals surface area (Å²) in [6.45, 7) is 1.54. The molecule has 0 aromatic heterocycles. The number of ether oxygens (including phenoxy) is 1. The fraction of sp³-hybridized carbons (Fsp3) is 0.333. The third-order valence-electron chi connectivity index (χ3n) is 5.95. The Bertz CT molecular complexity index is 948. The van der Waals surface area contributed by atoms with Crippen LogP contribution >= 0.6 is 0 Å². The number of rotatable bonds is 3. The number of hydrogen-bond acceptors (Lipinski definition) is 5. The number of nitrogens with zero attached hydrogens (tertiary/aromatic N) is 3. The van der Waals surface area contributed by atoms with Crippen LogP contribution in [0.3, 0.4) is 0 Å². The molecule has 28 heavy (non-hydrogen) atoms. The lowest BCUT2D eigenvalue weighted by atomic mass is 9.89. The lowest BCUT2D eigenvalue weighted by Gasteiger charge is -2.30. The van der Waals surface area contributed by atoms with Gasteiger partial charge in [-0.05, 0) is 36.8 Å². The van der Waals surface area contributed by atoms with Gasteiger partial charge in [0.25, 0.3) is 5.91 Å². The second kappa shape index (κ2) is 6.39. The van der Waals surface area contributed by atoms with Gasteiger partial charge in [0, 0.05) is 18.7 Å². The van der Waals surface area contributed by atoms with Gasteiger partial charge in [0.15, 0.2) is 0 Å². The van der Waals surface area contributed by atoms with Crippen molar-refractivity contribution in [1.82, 2.24) is 10.0 Å². The Morgan fingerprint density at radius 2 is 1.61 bits per heavy atom. The molecule has 0 radical (unpaired) electrons. The Balaban J connectivity index is 1.60. The van der Waals surface area contributed by atoms with E-state index in [1.54, 1.807) is 7.11 Å². The highest BCUT2D eigenvalue weighted by Crippen LogP contribution is 2.50. The standard InChI is InChI=1S/C21H20FN3O3/c1-28-16-6-3-2-5-15(16)18-17-19(24-12-4-11-23(18)24)21(27)25(20(17)26)14-9-7-13(22)8-10-14/h2-3,5-10,17-19H,4,11-12H2,1H3/t17-,18+,19-/m1/s1. The minimum atomic E-state index is -0.532. The summed E-state index contributed by atoms with van der Waals surface area (Å²) < 4.78 is 18.9. The van der Waals surface area contributed by atoms with Crippen LogP contribution in [0.4, 0.5) is 10.1 Å². The van der Waals surface area contributed by atoms with E-state index in [9.17, 15) is 14.0 Å². The number of amides is 2. The van der Waals surface area contributed by atoms with Crippen LogP contribution in [0.25, 0.3) is 0 Å². The first-order chi connectivity index (χ1) is 13.6. The van der Waals surface area contributed by atoms with Crippen LogP contribution in [0.15, 0.2) is 48.5 Å². The number of hydrazine groups is 1. The van der Waals surface area contributed by atoms with Crippen molar-refractivity contribution in [3.63, 3.8) is 0 Å². The number of halogens is 1. The Morgan fingerprint density at radius 3 is 2.32 bits per heavy atom. The van der Waals surface area contributed by atoms with Crippen molar-refractivity contribution in [2.45, 2.75) is 18.5 Å². The van der Waals surface area contributed by atoms with E-state index in [-0.39, 0.29) is 17.9 Å². The molecule has 0 unspecified atom stereocenters. The Labute approximate surface area is 162 Å². The van der Waals surface area contributed by atoms with Gasteiger partial charge in [-0.25, -0.2) is 19.3 Å². The molecule has 0 spiro atoms. The van der Waals surface area contributed by atoms with Crippen LogP contribution in [-0.4, -0.2) is 48.1 Å². The SMILES string of the molecule is COc1ccccc1[C@H]1[C@H]2C(=O)N(c3ccc(F)cc3)C(=O)[C@@H]2N2CCCN12. The second-order valence-electron chi connectivity index (χ2n) is 7.33. The van der Waals surface area contributed by atoms with E-state index in [4.69, 9.17) is 4.74 Å². The third-order valence-corrected chi connectivity index (χ3v) is 5.95. The van der Waals surface area contributed by atoms with Crippen molar-refractivity contribution >= 4 is 17.5 Å². The van der Waals surface area contributed by atoms with Crippen LogP contribution in [0.2, 0.25) is 0 Å². The van der Waals surface area contributed by atoms with E-state index in [2.05, 4.69) is 5.01 Å². The monoisotopic (exact) mass is 381 g/mol. The summed E-state index contributed by atoms with van der Waals surface area (Å²) in [4.78, 5) is 27.9. The zero-order valence-electron chi connectivity index (χ0n) is 15.4. The first-order valence-electron chi connectivity index (χ1n) is 9.41. The van der Waals surface area contributed by atoms with E-state index in [0.29, 0.717) is 11.4 Å². The molecule has 3 aliphatic rings. The number of hydrogen-bond donors (Lipinski definition) is 0. The summed E-state index contributed by atoms with van der Waals surface area (Å²) in [5.74, 6) is -0.701. The molecule has 144 valence electrons. The van der Waals surface area contributed by atoms with Gasteiger partial charge >= 0.3 is 0 Å². The maximum atomic E-state index is 13.4. The molecule has 0 N–H and O–H groups in total. The molecule has 2 amide bonds. The van der Waals surface area contributed by atoms with E-state index < -0.39 is 17.8 Å². The molecule has 2 aromatic carbocycles. The van der Waals surface area contributed by atoms with Crippen molar-refractivity contribution in [3.8, 4) is 5.75 Å². The van der Waals surface area contributed by atoms with Gasteiger partial charge in [-0.15, -0.1) is 0 Å². The third kappa shape index (κ3) is 2.33. The molecule has 0 aliphatic carbocycles. The summed E-state index contributed by atoms with van der Waals surface area (Å²) in [5, 5.41) is 4.18. The molecule has 7 heteroatoms. The molecule has 3 saturated heterocycles. The van der Waals surface area contributed by atoms with Crippen LogP contribution in [0, 0.1) is 11.7 Å². The highest BCUT2D eigenvalue weighted by Gasteiger charge is 2.63. The topological polar surface area (TPSA) is 53.1 Å². The van der Waals surface area contributed by atoms with Crippen molar-refractivity contribution < 1.29 is 18.7 Å². The molecular weight excluding hydrogens is 361 g/mol. The van der Waals surface area contributed by atoms with Gasteiger partial charge in [0.1, 0.15) is 17.6 Å². The average molecular weight is 381 g/mol. The minimum absolute atomic E-state index is 0.244. The highest BCUT2D eigenvalue weighted by atomic mass is 19.1. The number of methoxy groups -OCH3 is 1. The predicted octanol–water partition coefficient (Wildman–Crippen LogP) is 2.37. The van der Waals surface area contributed by atoms with Crippen molar-refractivity contribution in [2.75, 3.05) is 25.1 Å². The van der Waals surface area contributed by atoms with Crippen LogP contribution in [0.1, 0.15) is 18.0 Å². The smallest absolute Gasteiger partial charge is 0.253 e. The van der Waals surface area contributed by atoms with E-state index in [1.165, 1.54) is 29.2 Å². The number of imide groups is 1. The summed E-state index contributed by atoms with van der Waals surface area (Å²) >= 11 is 0. The summed E-state index contributed by atoms with van der Waals surface area (Å²) in [5.41, 5.74) is 1.32. The molecule has 6 nitrogen and oxygen atoms in total. The average Bonchev–Trinajstić information content (AvgIpc) is 3.35. The molecule has 3 aliphatic heterocycles. The summed E-state index contributed by atoms with van der Waals surface area (Å²) in [6.07, 6.45) is 0.937. The molecule has 5 rings (SSSR count). The lowest BCUT2D eigenvalue weighted by molar-refractivity contribution is -0.126. The van der Waals surface area contributed by atoms with Gasteiger partial charge in [-0.3, -0.25) is 9.59 Å². The maximum absolute atomic E-state index is 13.4. The summed E-state index contributed by atoms with van der Waals surface area (Å²) in [6, 6.07) is 12.3. The van der Waals surface area contributed by atoms with Gasteiger partial charge in [-0.2, -0.15) is 0 Å². The fourth-order valence-electron chi connectivity index (χ4n) is 4.84. The molecule has 0 bridgehead atoms. The van der Waals surface area contributed by atoms with Gasteiger partial charge in [0.2, 0.25) is 5.91 Å². The van der Waals surface area contributed by atoms with Crippen molar-refractivity contribution in [2.24, 2.45) is 5.92 Å². The van der Waals surface area contributed by atoms with Crippen LogP contribution in [-0.2, 0) is 9.59 Å². The number of carbonyl (C=O) groups excluding carboxylic acids is 2. The zero-order valence-corrected chi connectivity index (χ0v) is 15.4. The van der Waals surface area contributed by atoms with E-state index in [0.717, 1.165) is 25.1 Å². The van der Waals surface area contributed by atoms with E-state index in [1.807, 2.05) is 29.3 Å². The highest BCUT2D eigenvalue weighted by molar-refractivity contribution is 6.24. The first-order valence-corrected chi connectivity index (χ1v) is 9.41. The zero-order chi connectivity index (χ0) is 19.4. The normalized spacial score (nSPS) is 27.4. The van der Waals surface area contributed by atoms with Crippen LogP contribution < -0.4 is 9.64 Å². The van der Waals surface area contributed by atoms with Crippen LogP contribution in [0.5, 0.6) is 5.75 Å². The fourth-order valence-corrected chi connectivity index (χ4v) is 4.84. The van der Waals surface area contributed by atoms with Gasteiger partial charge in [-0.1, -0.05) is 18.2 Å². The predicted molar refractivity (Wildman–Crippen MR) is 99.9 cm³/mol. The van der Waals surface area contributed by atoms with Crippen molar-refractivity contribution in [3.05, 3.63) is 59.9 Å². The largest absolute Gasteiger partial charge is 0.496 e. The number of carbonyl (C=O) groups is 2. The second-order valence-corrected chi connectivity index (χ2v) is 7.33. The quantitative estimate of drug-likeness (QED) is 0.764. The van der Waals surface area contributed by atoms with E-state index >= 15 is 0 Å². The number of para-hydroxylation sites is 1.